The van der Waals surface area contributed by atoms with Gasteiger partial charge in [-0.3, -0.25) is 0 Å². The molecule has 2 heterocycles. The Hall–Kier alpha value is -1.70. The number of hydrogen-bond acceptors (Lipinski definition) is 7. The smallest absolute Gasteiger partial charge is 0.244 e. The van der Waals surface area contributed by atoms with Crippen LogP contribution in [0.5, 0.6) is 0 Å². The second kappa shape index (κ2) is 5.52. The molecule has 0 radical (unpaired) electrons. The molecule has 0 saturated carbocycles. The van der Waals surface area contributed by atoms with E-state index in [1.165, 1.54) is 6.20 Å². The molecule has 104 valence electrons. The van der Waals surface area contributed by atoms with Gasteiger partial charge in [0, 0.05) is 19.6 Å². The third-order valence-electron chi connectivity index (χ3n) is 3.07. The highest BCUT2D eigenvalue weighted by Crippen LogP contribution is 2.21. The van der Waals surface area contributed by atoms with Gasteiger partial charge in [-0.15, -0.1) is 11.7 Å². The first-order chi connectivity index (χ1) is 9.02. The standard InChI is InChI=1S/C11H17N5O2S/c1-3-5-12-11-14-10(7-13-15-11)16(2)9-4-6-19(17,18)8-9/h3,7,9H,1,4-6,8H2,2H3,(H,12,14,15). The summed E-state index contributed by atoms with van der Waals surface area (Å²) in [6.45, 7) is 4.14. The van der Waals surface area contributed by atoms with Gasteiger partial charge in [-0.1, -0.05) is 6.08 Å². The summed E-state index contributed by atoms with van der Waals surface area (Å²) in [5.74, 6) is 1.43. The molecule has 8 heteroatoms. The Balaban J connectivity index is 2.10. The highest BCUT2D eigenvalue weighted by Gasteiger charge is 2.31. The Kier molecular flexibility index (Phi) is 3.98. The van der Waals surface area contributed by atoms with Crippen LogP contribution in [0.3, 0.4) is 0 Å². The number of nitrogens with one attached hydrogen (secondary N) is 1. The van der Waals surface area contributed by atoms with Crippen LogP contribution in [0.15, 0.2) is 18.9 Å². The van der Waals surface area contributed by atoms with Crippen LogP contribution in [0.2, 0.25) is 0 Å². The van der Waals surface area contributed by atoms with Gasteiger partial charge < -0.3 is 10.2 Å². The summed E-state index contributed by atoms with van der Waals surface area (Å²) in [4.78, 5) is 6.15. The molecule has 2 rings (SSSR count). The predicted octanol–water partition coefficient (Wildman–Crippen LogP) is 0.0928. The maximum atomic E-state index is 11.5. The summed E-state index contributed by atoms with van der Waals surface area (Å²) in [7, 11) is -1.08. The second-order valence-electron chi connectivity index (χ2n) is 4.48. The average Bonchev–Trinajstić information content (AvgIpc) is 2.76. The van der Waals surface area contributed by atoms with E-state index in [1.807, 2.05) is 11.9 Å². The van der Waals surface area contributed by atoms with Crippen molar-refractivity contribution in [1.82, 2.24) is 15.2 Å². The van der Waals surface area contributed by atoms with Gasteiger partial charge in [0.15, 0.2) is 15.7 Å². The van der Waals surface area contributed by atoms with Crippen molar-refractivity contribution in [2.75, 3.05) is 35.3 Å². The van der Waals surface area contributed by atoms with E-state index in [9.17, 15) is 8.42 Å². The van der Waals surface area contributed by atoms with E-state index in [0.29, 0.717) is 24.7 Å². The topological polar surface area (TPSA) is 88.1 Å². The van der Waals surface area contributed by atoms with Gasteiger partial charge in [-0.25, -0.2) is 8.42 Å². The van der Waals surface area contributed by atoms with Gasteiger partial charge in [-0.05, 0) is 6.42 Å². The van der Waals surface area contributed by atoms with Crippen LogP contribution < -0.4 is 10.2 Å². The predicted molar refractivity (Wildman–Crippen MR) is 74.0 cm³/mol. The Morgan fingerprint density at radius 3 is 3.05 bits per heavy atom. The average molecular weight is 283 g/mol. The summed E-state index contributed by atoms with van der Waals surface area (Å²) < 4.78 is 23.0. The highest BCUT2D eigenvalue weighted by molar-refractivity contribution is 7.91. The molecule has 1 atom stereocenters. The SMILES string of the molecule is C=CCNc1nncc(N(C)C2CCS(=O)(=O)C2)n1. The van der Waals surface area contributed by atoms with Crippen molar-refractivity contribution in [1.29, 1.82) is 0 Å². The summed E-state index contributed by atoms with van der Waals surface area (Å²) in [5.41, 5.74) is 0. The third-order valence-corrected chi connectivity index (χ3v) is 4.82. The molecule has 1 fully saturated rings. The van der Waals surface area contributed by atoms with Crippen LogP contribution in [0.25, 0.3) is 0 Å². The minimum Gasteiger partial charge on any atom is -0.354 e. The quantitative estimate of drug-likeness (QED) is 0.766. The molecular weight excluding hydrogens is 266 g/mol. The largest absolute Gasteiger partial charge is 0.354 e. The normalized spacial score (nSPS) is 21.0. The molecule has 1 aromatic rings. The molecule has 7 nitrogen and oxygen atoms in total. The number of sulfone groups is 1. The maximum absolute atomic E-state index is 11.5. The summed E-state index contributed by atoms with van der Waals surface area (Å²) in [6.07, 6.45) is 3.85. The number of hydrogen-bond donors (Lipinski definition) is 1. The Labute approximate surface area is 112 Å². The van der Waals surface area contributed by atoms with Crippen LogP contribution in [-0.4, -0.2) is 54.7 Å². The van der Waals surface area contributed by atoms with Crippen molar-refractivity contribution in [3.63, 3.8) is 0 Å². The fourth-order valence-electron chi connectivity index (χ4n) is 1.97. The summed E-state index contributed by atoms with van der Waals surface area (Å²) >= 11 is 0. The lowest BCUT2D eigenvalue weighted by atomic mass is 10.2. The second-order valence-corrected chi connectivity index (χ2v) is 6.70. The third kappa shape index (κ3) is 3.40. The molecule has 19 heavy (non-hydrogen) atoms. The molecule has 1 saturated heterocycles. The zero-order valence-electron chi connectivity index (χ0n) is 10.8. The fourth-order valence-corrected chi connectivity index (χ4v) is 3.75. The van der Waals surface area contributed by atoms with Crippen molar-refractivity contribution >= 4 is 21.6 Å². The van der Waals surface area contributed by atoms with Crippen molar-refractivity contribution in [2.45, 2.75) is 12.5 Å². The van der Waals surface area contributed by atoms with Gasteiger partial charge in [0.1, 0.15) is 0 Å². The molecule has 1 aromatic heterocycles. The zero-order valence-corrected chi connectivity index (χ0v) is 11.6. The van der Waals surface area contributed by atoms with E-state index in [-0.39, 0.29) is 17.5 Å². The first-order valence-electron chi connectivity index (χ1n) is 5.99. The number of rotatable bonds is 5. The van der Waals surface area contributed by atoms with E-state index in [2.05, 4.69) is 27.1 Å². The van der Waals surface area contributed by atoms with Gasteiger partial charge in [0.25, 0.3) is 0 Å². The molecule has 0 aromatic carbocycles. The lowest BCUT2D eigenvalue weighted by Gasteiger charge is -2.24. The highest BCUT2D eigenvalue weighted by atomic mass is 32.2. The lowest BCUT2D eigenvalue weighted by Crippen LogP contribution is -2.33. The minimum absolute atomic E-state index is 0.0473. The van der Waals surface area contributed by atoms with Crippen molar-refractivity contribution < 1.29 is 8.42 Å². The Bertz CT molecular complexity index is 560. The van der Waals surface area contributed by atoms with Crippen molar-refractivity contribution in [3.8, 4) is 0 Å². The molecule has 0 bridgehead atoms. The Morgan fingerprint density at radius 2 is 2.42 bits per heavy atom. The molecule has 1 aliphatic heterocycles. The van der Waals surface area contributed by atoms with E-state index in [0.717, 1.165) is 0 Å². The first-order valence-corrected chi connectivity index (χ1v) is 7.82. The monoisotopic (exact) mass is 283 g/mol. The number of aromatic nitrogens is 3. The zero-order chi connectivity index (χ0) is 13.9. The molecule has 0 aliphatic carbocycles. The van der Waals surface area contributed by atoms with Crippen LogP contribution in [0.4, 0.5) is 11.8 Å². The minimum atomic E-state index is -2.91. The molecule has 1 aliphatic rings. The maximum Gasteiger partial charge on any atom is 0.244 e. The Morgan fingerprint density at radius 1 is 1.63 bits per heavy atom. The molecule has 0 spiro atoms. The van der Waals surface area contributed by atoms with Crippen molar-refractivity contribution in [2.24, 2.45) is 0 Å². The number of nitrogens with zero attached hydrogens (tertiary/aromatic N) is 4. The van der Waals surface area contributed by atoms with E-state index in [1.54, 1.807) is 6.08 Å². The van der Waals surface area contributed by atoms with E-state index >= 15 is 0 Å². The summed E-state index contributed by atoms with van der Waals surface area (Å²) in [5, 5.41) is 10.7. The molecule has 1 unspecified atom stereocenters. The fraction of sp³-hybridized carbons (Fsp3) is 0.545. The van der Waals surface area contributed by atoms with Crippen molar-refractivity contribution in [3.05, 3.63) is 18.9 Å². The van der Waals surface area contributed by atoms with Crippen LogP contribution in [-0.2, 0) is 9.84 Å². The van der Waals surface area contributed by atoms with E-state index < -0.39 is 9.84 Å². The van der Waals surface area contributed by atoms with Crippen LogP contribution in [0.1, 0.15) is 6.42 Å². The summed E-state index contributed by atoms with van der Waals surface area (Å²) in [6, 6.07) is -0.0473. The molecular formula is C11H17N5O2S. The van der Waals surface area contributed by atoms with Gasteiger partial charge in [0.05, 0.1) is 17.7 Å². The molecule has 0 amide bonds. The van der Waals surface area contributed by atoms with Crippen LogP contribution >= 0.6 is 0 Å². The lowest BCUT2D eigenvalue weighted by molar-refractivity contribution is 0.600. The first kappa shape index (κ1) is 13.7. The van der Waals surface area contributed by atoms with Gasteiger partial charge in [-0.2, -0.15) is 10.1 Å². The van der Waals surface area contributed by atoms with Gasteiger partial charge >= 0.3 is 0 Å². The molecule has 1 N–H and O–H groups in total. The number of anilines is 2. The van der Waals surface area contributed by atoms with E-state index in [4.69, 9.17) is 0 Å². The van der Waals surface area contributed by atoms with Gasteiger partial charge in [0.2, 0.25) is 5.95 Å². The van der Waals surface area contributed by atoms with Crippen LogP contribution in [0, 0.1) is 0 Å².